The summed E-state index contributed by atoms with van der Waals surface area (Å²) >= 11 is 0. The molecule has 0 heterocycles. The van der Waals surface area contributed by atoms with Gasteiger partial charge in [-0.25, -0.2) is 0 Å². The summed E-state index contributed by atoms with van der Waals surface area (Å²) in [5.41, 5.74) is 1.26. The minimum Gasteiger partial charge on any atom is -0.358 e. The van der Waals surface area contributed by atoms with Crippen LogP contribution in [0.3, 0.4) is 0 Å². The monoisotopic (exact) mass is 438 g/mol. The van der Waals surface area contributed by atoms with Gasteiger partial charge in [0.2, 0.25) is 0 Å². The standard InChI is InChI=1S/C17H21N.CH3.W/c1-2-4-12(5-3-1)11-18-17-15-7-13-6-14(9-15)10-16(17)8-13;;/h1-5,11,13-17H,6-10H2;1H3;/q;-1;. The number of rotatable bonds is 2. The molecule has 0 aromatic heterocycles. The van der Waals surface area contributed by atoms with E-state index in [9.17, 15) is 0 Å². The van der Waals surface area contributed by atoms with Crippen molar-refractivity contribution in [1.29, 1.82) is 0 Å². The Morgan fingerprint density at radius 1 is 0.850 bits per heavy atom. The predicted octanol–water partition coefficient (Wildman–Crippen LogP) is 4.38. The summed E-state index contributed by atoms with van der Waals surface area (Å²) in [7, 11) is 0. The van der Waals surface area contributed by atoms with Crippen LogP contribution in [0.15, 0.2) is 35.3 Å². The first-order valence-corrected chi connectivity index (χ1v) is 7.46. The van der Waals surface area contributed by atoms with E-state index < -0.39 is 0 Å². The van der Waals surface area contributed by atoms with Crippen molar-refractivity contribution in [3.05, 3.63) is 43.3 Å². The van der Waals surface area contributed by atoms with Crippen LogP contribution in [-0.2, 0) is 21.1 Å². The van der Waals surface area contributed by atoms with E-state index in [0.717, 1.165) is 23.7 Å². The molecular formula is C18H24NW-. The Balaban J connectivity index is 0.000000735. The number of hydrogen-bond acceptors (Lipinski definition) is 1. The van der Waals surface area contributed by atoms with Gasteiger partial charge in [0.25, 0.3) is 0 Å². The molecule has 0 N–H and O–H groups in total. The van der Waals surface area contributed by atoms with Gasteiger partial charge in [-0.05, 0) is 61.3 Å². The normalized spacial score (nSPS) is 37.5. The van der Waals surface area contributed by atoms with Crippen LogP contribution in [0.5, 0.6) is 0 Å². The minimum absolute atomic E-state index is 0. The summed E-state index contributed by atoms with van der Waals surface area (Å²) in [6.07, 6.45) is 9.50. The van der Waals surface area contributed by atoms with Gasteiger partial charge >= 0.3 is 0 Å². The topological polar surface area (TPSA) is 12.4 Å². The summed E-state index contributed by atoms with van der Waals surface area (Å²) in [5, 5.41) is 0. The van der Waals surface area contributed by atoms with Crippen LogP contribution in [0.4, 0.5) is 0 Å². The van der Waals surface area contributed by atoms with Gasteiger partial charge in [0.1, 0.15) is 0 Å². The molecule has 4 saturated carbocycles. The fourth-order valence-electron chi connectivity index (χ4n) is 4.85. The zero-order valence-electron chi connectivity index (χ0n) is 12.2. The Bertz CT molecular complexity index is 426. The SMILES string of the molecule is C(=NC1C2CC3CC(C2)CC1C3)c1ccccc1.[CH3-].[W]. The Morgan fingerprint density at radius 2 is 1.40 bits per heavy atom. The number of nitrogens with zero attached hydrogens (tertiary/aromatic N) is 1. The number of hydrogen-bond donors (Lipinski definition) is 0. The smallest absolute Gasteiger partial charge is 0.0556 e. The third kappa shape index (κ3) is 2.93. The molecule has 108 valence electrons. The molecule has 0 saturated heterocycles. The summed E-state index contributed by atoms with van der Waals surface area (Å²) < 4.78 is 0. The first-order valence-electron chi connectivity index (χ1n) is 7.46. The minimum atomic E-state index is 0. The van der Waals surface area contributed by atoms with Crippen molar-refractivity contribution in [3.8, 4) is 0 Å². The van der Waals surface area contributed by atoms with Crippen LogP contribution >= 0.6 is 0 Å². The maximum Gasteiger partial charge on any atom is 0.0556 e. The molecule has 0 unspecified atom stereocenters. The summed E-state index contributed by atoms with van der Waals surface area (Å²) in [6, 6.07) is 11.2. The fraction of sp³-hybridized carbons (Fsp3) is 0.556. The van der Waals surface area contributed by atoms with E-state index >= 15 is 0 Å². The van der Waals surface area contributed by atoms with Gasteiger partial charge in [0.05, 0.1) is 6.04 Å². The Labute approximate surface area is 137 Å². The van der Waals surface area contributed by atoms with E-state index in [-0.39, 0.29) is 28.5 Å². The molecule has 0 radical (unpaired) electrons. The van der Waals surface area contributed by atoms with Crippen molar-refractivity contribution in [1.82, 2.24) is 0 Å². The molecular weight excluding hydrogens is 414 g/mol. The zero-order chi connectivity index (χ0) is 11.9. The van der Waals surface area contributed by atoms with Crippen LogP contribution in [-0.4, -0.2) is 12.3 Å². The van der Waals surface area contributed by atoms with Crippen molar-refractivity contribution < 1.29 is 21.1 Å². The second kappa shape index (κ2) is 6.56. The Kier molecular flexibility index (Phi) is 5.24. The third-order valence-electron chi connectivity index (χ3n) is 5.37. The largest absolute Gasteiger partial charge is 0.358 e. The van der Waals surface area contributed by atoms with Gasteiger partial charge in [0, 0.05) is 27.3 Å². The van der Waals surface area contributed by atoms with E-state index in [4.69, 9.17) is 4.99 Å². The van der Waals surface area contributed by atoms with Crippen molar-refractivity contribution in [2.75, 3.05) is 0 Å². The molecule has 1 nitrogen and oxygen atoms in total. The summed E-state index contributed by atoms with van der Waals surface area (Å²) in [5.74, 6) is 3.91. The second-order valence-corrected chi connectivity index (χ2v) is 6.61. The third-order valence-corrected chi connectivity index (χ3v) is 5.37. The first kappa shape index (κ1) is 16.0. The van der Waals surface area contributed by atoms with E-state index in [0.29, 0.717) is 6.04 Å². The van der Waals surface area contributed by atoms with E-state index in [2.05, 4.69) is 36.5 Å². The Morgan fingerprint density at radius 3 is 1.95 bits per heavy atom. The number of aliphatic imine (C=N–C) groups is 1. The molecule has 4 bridgehead atoms. The molecule has 2 heteroatoms. The maximum absolute atomic E-state index is 4.97. The van der Waals surface area contributed by atoms with E-state index in [1.54, 1.807) is 0 Å². The van der Waals surface area contributed by atoms with Gasteiger partial charge < -0.3 is 7.43 Å². The molecule has 4 aliphatic rings. The maximum atomic E-state index is 4.97. The molecule has 0 spiro atoms. The van der Waals surface area contributed by atoms with Crippen molar-refractivity contribution in [2.45, 2.75) is 38.1 Å². The van der Waals surface area contributed by atoms with Gasteiger partial charge in [-0.2, -0.15) is 0 Å². The van der Waals surface area contributed by atoms with E-state index in [1.807, 2.05) is 0 Å². The summed E-state index contributed by atoms with van der Waals surface area (Å²) in [4.78, 5) is 4.97. The van der Waals surface area contributed by atoms with Gasteiger partial charge in [0.15, 0.2) is 0 Å². The molecule has 0 amide bonds. The van der Waals surface area contributed by atoms with E-state index in [1.165, 1.54) is 37.7 Å². The van der Waals surface area contributed by atoms with Crippen molar-refractivity contribution >= 4 is 6.21 Å². The fourth-order valence-corrected chi connectivity index (χ4v) is 4.85. The van der Waals surface area contributed by atoms with Crippen LogP contribution < -0.4 is 0 Å². The molecule has 5 rings (SSSR count). The predicted molar refractivity (Wildman–Crippen MR) is 81.3 cm³/mol. The van der Waals surface area contributed by atoms with Crippen LogP contribution in [0.2, 0.25) is 0 Å². The summed E-state index contributed by atoms with van der Waals surface area (Å²) in [6.45, 7) is 0. The number of benzene rings is 1. The molecule has 4 aliphatic carbocycles. The average molecular weight is 438 g/mol. The quantitative estimate of drug-likeness (QED) is 0.480. The molecule has 1 aromatic carbocycles. The van der Waals surface area contributed by atoms with Crippen LogP contribution in [0, 0.1) is 31.1 Å². The molecule has 4 fully saturated rings. The average Bonchev–Trinajstić information content (AvgIpc) is 2.38. The van der Waals surface area contributed by atoms with Crippen molar-refractivity contribution in [3.63, 3.8) is 0 Å². The second-order valence-electron chi connectivity index (χ2n) is 6.61. The van der Waals surface area contributed by atoms with Crippen LogP contribution in [0.25, 0.3) is 0 Å². The van der Waals surface area contributed by atoms with Gasteiger partial charge in [-0.1, -0.05) is 30.3 Å². The first-order chi connectivity index (χ1) is 8.88. The van der Waals surface area contributed by atoms with Crippen molar-refractivity contribution in [2.24, 2.45) is 28.7 Å². The van der Waals surface area contributed by atoms with Gasteiger partial charge in [-0.3, -0.25) is 4.99 Å². The zero-order valence-corrected chi connectivity index (χ0v) is 15.2. The molecule has 1 aromatic rings. The Hall–Kier alpha value is -0.422. The molecule has 0 atom stereocenters. The molecule has 20 heavy (non-hydrogen) atoms. The van der Waals surface area contributed by atoms with Gasteiger partial charge in [-0.15, -0.1) is 0 Å². The van der Waals surface area contributed by atoms with Crippen LogP contribution in [0.1, 0.15) is 37.7 Å². The molecule has 0 aliphatic heterocycles.